The van der Waals surface area contributed by atoms with Crippen molar-refractivity contribution in [2.45, 2.75) is 64.3 Å². The number of rotatable bonds is 6. The van der Waals surface area contributed by atoms with Crippen molar-refractivity contribution in [1.82, 2.24) is 0 Å². The van der Waals surface area contributed by atoms with Crippen molar-refractivity contribution in [3.05, 3.63) is 0 Å². The van der Waals surface area contributed by atoms with Crippen molar-refractivity contribution in [3.8, 4) is 0 Å². The molecule has 0 aromatic rings. The Hall–Kier alpha value is -2.20. The molecule has 148 valence electrons. The summed E-state index contributed by atoms with van der Waals surface area (Å²) in [6.45, 7) is 4.66. The molecule has 1 saturated carbocycles. The van der Waals surface area contributed by atoms with Crippen molar-refractivity contribution >= 4 is 23.9 Å². The van der Waals surface area contributed by atoms with Gasteiger partial charge in [-0.2, -0.15) is 0 Å². The van der Waals surface area contributed by atoms with Gasteiger partial charge in [0.05, 0.1) is 0 Å². The third-order valence-corrected chi connectivity index (χ3v) is 3.70. The first-order valence-corrected chi connectivity index (χ1v) is 7.86. The van der Waals surface area contributed by atoms with Gasteiger partial charge in [0.2, 0.25) is 0 Å². The van der Waals surface area contributed by atoms with Crippen LogP contribution in [-0.4, -0.2) is 74.7 Å². The maximum atomic E-state index is 11.5. The molecule has 0 spiro atoms. The lowest BCUT2D eigenvalue weighted by Gasteiger charge is -2.47. The van der Waals surface area contributed by atoms with E-state index in [1.54, 1.807) is 0 Å². The Morgan fingerprint density at radius 1 is 0.462 bits per heavy atom. The summed E-state index contributed by atoms with van der Waals surface area (Å²) in [5.41, 5.74) is 0. The highest BCUT2D eigenvalue weighted by molar-refractivity contribution is 5.69. The molecule has 10 nitrogen and oxygen atoms in total. The van der Waals surface area contributed by atoms with Crippen LogP contribution in [0.2, 0.25) is 0 Å². The van der Waals surface area contributed by atoms with E-state index in [1.165, 1.54) is 41.9 Å². The molecule has 1 fully saturated rings. The largest absolute Gasteiger partial charge is 0.456 e. The van der Waals surface area contributed by atoms with Crippen molar-refractivity contribution in [2.75, 3.05) is 14.2 Å². The van der Waals surface area contributed by atoms with Crippen LogP contribution in [0.3, 0.4) is 0 Å². The van der Waals surface area contributed by atoms with E-state index in [0.29, 0.717) is 0 Å². The Labute approximate surface area is 151 Å². The lowest BCUT2D eigenvalue weighted by molar-refractivity contribution is -0.258. The molecule has 10 heteroatoms. The van der Waals surface area contributed by atoms with E-state index in [4.69, 9.17) is 28.4 Å². The maximum absolute atomic E-state index is 11.5. The van der Waals surface area contributed by atoms with E-state index in [0.717, 1.165) is 0 Å². The summed E-state index contributed by atoms with van der Waals surface area (Å²) in [6.07, 6.45) is -6.74. The first-order valence-electron chi connectivity index (χ1n) is 7.86. The Morgan fingerprint density at radius 2 is 0.654 bits per heavy atom. The summed E-state index contributed by atoms with van der Waals surface area (Å²) in [5, 5.41) is 0. The molecule has 0 aromatic carbocycles. The normalized spacial score (nSPS) is 30.8. The van der Waals surface area contributed by atoms with E-state index < -0.39 is 60.5 Å². The van der Waals surface area contributed by atoms with Crippen molar-refractivity contribution in [1.29, 1.82) is 0 Å². The maximum Gasteiger partial charge on any atom is 0.303 e. The van der Waals surface area contributed by atoms with Crippen LogP contribution in [0.5, 0.6) is 0 Å². The summed E-state index contributed by atoms with van der Waals surface area (Å²) >= 11 is 0. The van der Waals surface area contributed by atoms with Gasteiger partial charge in [0.1, 0.15) is 12.2 Å². The number of esters is 4. The zero-order chi connectivity index (χ0) is 20.0. The van der Waals surface area contributed by atoms with E-state index in [9.17, 15) is 19.2 Å². The minimum atomic E-state index is -1.15. The van der Waals surface area contributed by atoms with Crippen LogP contribution >= 0.6 is 0 Å². The molecule has 0 N–H and O–H groups in total. The number of hydrogen-bond acceptors (Lipinski definition) is 10. The van der Waals surface area contributed by atoms with Crippen molar-refractivity contribution < 1.29 is 47.6 Å². The van der Waals surface area contributed by atoms with Crippen LogP contribution in [0.15, 0.2) is 0 Å². The first kappa shape index (κ1) is 21.8. The van der Waals surface area contributed by atoms with Gasteiger partial charge in [-0.15, -0.1) is 0 Å². The van der Waals surface area contributed by atoms with Crippen LogP contribution in [-0.2, 0) is 47.6 Å². The number of carbonyl (C=O) groups is 4. The van der Waals surface area contributed by atoms with Crippen LogP contribution in [0, 0.1) is 0 Å². The van der Waals surface area contributed by atoms with Gasteiger partial charge in [0.15, 0.2) is 24.4 Å². The molecular weight excluding hydrogens is 352 g/mol. The highest BCUT2D eigenvalue weighted by Gasteiger charge is 2.58. The molecule has 0 aliphatic heterocycles. The number of carbonyl (C=O) groups excluding carboxylic acids is 4. The SMILES string of the molecule is COC1[C@@H](OC(C)=O)[C@@H](OC(C)=O)C(OC)[C@H](OC(C)=O)[C@H]1OC(C)=O. The Bertz CT molecular complexity index is 453. The molecule has 1 aliphatic rings. The Balaban J connectivity index is 3.42. The third kappa shape index (κ3) is 5.40. The van der Waals surface area contributed by atoms with Gasteiger partial charge < -0.3 is 28.4 Å². The van der Waals surface area contributed by atoms with Gasteiger partial charge in [-0.1, -0.05) is 0 Å². The Morgan fingerprint density at radius 3 is 0.769 bits per heavy atom. The van der Waals surface area contributed by atoms with E-state index in [1.807, 2.05) is 0 Å². The van der Waals surface area contributed by atoms with Gasteiger partial charge in [0.25, 0.3) is 0 Å². The van der Waals surface area contributed by atoms with Crippen molar-refractivity contribution in [2.24, 2.45) is 0 Å². The predicted octanol–water partition coefficient (Wildman–Crippen LogP) is -0.243. The van der Waals surface area contributed by atoms with Gasteiger partial charge >= 0.3 is 23.9 Å². The lowest BCUT2D eigenvalue weighted by atomic mass is 9.83. The molecule has 0 heterocycles. The topological polar surface area (TPSA) is 124 Å². The summed E-state index contributed by atoms with van der Waals surface area (Å²) in [7, 11) is 2.58. The standard InChI is InChI=1S/C16H24O10/c1-7(17)23-13-11(21-5)15(25-9(3)19)16(26-10(4)20)12(22-6)14(13)24-8(2)18/h11-16H,1-6H3/t11?,12?,13-,14-,15-,16+/m0/s1. The molecule has 26 heavy (non-hydrogen) atoms. The van der Waals surface area contributed by atoms with Gasteiger partial charge in [-0.3, -0.25) is 19.2 Å². The molecule has 1 rings (SSSR count). The second kappa shape index (κ2) is 9.48. The zero-order valence-electron chi connectivity index (χ0n) is 15.5. The molecule has 0 bridgehead atoms. The van der Waals surface area contributed by atoms with Gasteiger partial charge in [0, 0.05) is 41.9 Å². The predicted molar refractivity (Wildman–Crippen MR) is 83.8 cm³/mol. The molecule has 1 aliphatic carbocycles. The third-order valence-electron chi connectivity index (χ3n) is 3.70. The van der Waals surface area contributed by atoms with E-state index in [-0.39, 0.29) is 0 Å². The van der Waals surface area contributed by atoms with Gasteiger partial charge in [-0.05, 0) is 0 Å². The van der Waals surface area contributed by atoms with Crippen LogP contribution < -0.4 is 0 Å². The van der Waals surface area contributed by atoms with Gasteiger partial charge in [-0.25, -0.2) is 0 Å². The fraction of sp³-hybridized carbons (Fsp3) is 0.750. The number of hydrogen-bond donors (Lipinski definition) is 0. The van der Waals surface area contributed by atoms with E-state index in [2.05, 4.69) is 0 Å². The molecule has 0 saturated heterocycles. The first-order chi connectivity index (χ1) is 12.1. The van der Waals surface area contributed by atoms with Crippen LogP contribution in [0.1, 0.15) is 27.7 Å². The second-order valence-corrected chi connectivity index (χ2v) is 5.70. The average molecular weight is 376 g/mol. The summed E-state index contributed by atoms with van der Waals surface area (Å²) < 4.78 is 31.7. The molecule has 2 unspecified atom stereocenters. The summed E-state index contributed by atoms with van der Waals surface area (Å²) in [5.74, 6) is -2.68. The van der Waals surface area contributed by atoms with Crippen LogP contribution in [0.4, 0.5) is 0 Å². The number of methoxy groups -OCH3 is 2. The highest BCUT2D eigenvalue weighted by Crippen LogP contribution is 2.33. The fourth-order valence-electron chi connectivity index (χ4n) is 2.96. The number of ether oxygens (including phenoxy) is 6. The van der Waals surface area contributed by atoms with Crippen molar-refractivity contribution in [3.63, 3.8) is 0 Å². The summed E-state index contributed by atoms with van der Waals surface area (Å²) in [6, 6.07) is 0. The quantitative estimate of drug-likeness (QED) is 0.453. The fourth-order valence-corrected chi connectivity index (χ4v) is 2.96. The summed E-state index contributed by atoms with van der Waals surface area (Å²) in [4.78, 5) is 46.1. The molecule has 0 amide bonds. The monoisotopic (exact) mass is 376 g/mol. The highest BCUT2D eigenvalue weighted by atomic mass is 16.7. The minimum Gasteiger partial charge on any atom is -0.456 e. The molecular formula is C16H24O10. The van der Waals surface area contributed by atoms with E-state index >= 15 is 0 Å². The zero-order valence-corrected chi connectivity index (χ0v) is 15.5. The lowest BCUT2D eigenvalue weighted by Crippen LogP contribution is -2.68. The second-order valence-electron chi connectivity index (χ2n) is 5.70. The smallest absolute Gasteiger partial charge is 0.303 e. The molecule has 0 aromatic heterocycles. The van der Waals surface area contributed by atoms with Crippen LogP contribution in [0.25, 0.3) is 0 Å². The molecule has 0 radical (unpaired) electrons. The Kier molecular flexibility index (Phi) is 7.97. The average Bonchev–Trinajstić information content (AvgIpc) is 2.49. The minimum absolute atomic E-state index is 0.670. The molecule has 6 atom stereocenters.